The number of esters is 1. The van der Waals surface area contributed by atoms with Crippen LogP contribution in [0.4, 0.5) is 18.0 Å². The van der Waals surface area contributed by atoms with Gasteiger partial charge in [-0.3, -0.25) is 4.90 Å². The van der Waals surface area contributed by atoms with Gasteiger partial charge >= 0.3 is 18.2 Å². The minimum Gasteiger partial charge on any atom is -0.448 e. The fraction of sp³-hybridized carbons (Fsp3) is 0.300. The molecule has 2 aromatic carbocycles. The molecule has 0 spiro atoms. The Hall–Kier alpha value is -3.03. The van der Waals surface area contributed by atoms with Gasteiger partial charge in [0, 0.05) is 5.92 Å². The predicted molar refractivity (Wildman–Crippen MR) is 92.3 cm³/mol. The van der Waals surface area contributed by atoms with Crippen molar-refractivity contribution in [3.63, 3.8) is 0 Å². The van der Waals surface area contributed by atoms with Gasteiger partial charge in [-0.2, -0.15) is 13.2 Å². The van der Waals surface area contributed by atoms with Crippen molar-refractivity contribution in [1.82, 2.24) is 4.90 Å². The first-order valence-electron chi connectivity index (χ1n) is 8.70. The van der Waals surface area contributed by atoms with Crippen LogP contribution in [-0.2, 0) is 14.3 Å². The lowest BCUT2D eigenvalue weighted by atomic mass is 9.98. The first-order chi connectivity index (χ1) is 13.3. The van der Waals surface area contributed by atoms with Crippen LogP contribution in [0.5, 0.6) is 0 Å². The van der Waals surface area contributed by atoms with Gasteiger partial charge in [-0.05, 0) is 22.3 Å². The average molecular weight is 391 g/mol. The van der Waals surface area contributed by atoms with E-state index in [0.29, 0.717) is 4.90 Å². The maximum Gasteiger partial charge on any atom is 0.413 e. The van der Waals surface area contributed by atoms with E-state index in [2.05, 4.69) is 4.74 Å². The second-order valence-electron chi connectivity index (χ2n) is 6.70. The molecule has 1 aliphatic heterocycles. The van der Waals surface area contributed by atoms with Crippen LogP contribution in [0.1, 0.15) is 23.5 Å². The van der Waals surface area contributed by atoms with Gasteiger partial charge < -0.3 is 9.47 Å². The molecule has 8 heteroatoms. The number of alkyl halides is 3. The second-order valence-corrected chi connectivity index (χ2v) is 6.70. The highest BCUT2D eigenvalue weighted by molar-refractivity contribution is 5.84. The SMILES string of the molecule is O=C1OCN(C(=O)OCC2c3ccccc3-c3ccccc32)[C@H]1CC(F)(F)F. The number of nitrogens with zero attached hydrogens (tertiary/aromatic N) is 1. The zero-order valence-corrected chi connectivity index (χ0v) is 14.6. The predicted octanol–water partition coefficient (Wildman–Crippen LogP) is 4.07. The quantitative estimate of drug-likeness (QED) is 0.740. The Kier molecular flexibility index (Phi) is 4.49. The van der Waals surface area contributed by atoms with Crippen LogP contribution in [-0.4, -0.2) is 42.5 Å². The van der Waals surface area contributed by atoms with Crippen molar-refractivity contribution >= 4 is 12.1 Å². The molecule has 0 aromatic heterocycles. The van der Waals surface area contributed by atoms with E-state index < -0.39 is 37.4 Å². The third-order valence-corrected chi connectivity index (χ3v) is 4.99. The monoisotopic (exact) mass is 391 g/mol. The molecule has 4 rings (SSSR count). The first kappa shape index (κ1) is 18.3. The first-order valence-corrected chi connectivity index (χ1v) is 8.70. The molecule has 0 unspecified atom stereocenters. The van der Waals surface area contributed by atoms with E-state index in [0.717, 1.165) is 22.3 Å². The summed E-state index contributed by atoms with van der Waals surface area (Å²) >= 11 is 0. The summed E-state index contributed by atoms with van der Waals surface area (Å²) in [6, 6.07) is 13.7. The molecule has 1 fully saturated rings. The molecule has 1 amide bonds. The normalized spacial score (nSPS) is 18.6. The van der Waals surface area contributed by atoms with E-state index in [-0.39, 0.29) is 12.5 Å². The Balaban J connectivity index is 1.50. The van der Waals surface area contributed by atoms with Crippen LogP contribution in [0.25, 0.3) is 11.1 Å². The van der Waals surface area contributed by atoms with Crippen molar-refractivity contribution in [2.45, 2.75) is 24.6 Å². The van der Waals surface area contributed by atoms with E-state index >= 15 is 0 Å². The molecular weight excluding hydrogens is 375 g/mol. The fourth-order valence-electron chi connectivity index (χ4n) is 3.72. The molecule has 28 heavy (non-hydrogen) atoms. The standard InChI is InChI=1S/C20H16F3NO4/c21-20(22,23)9-17-18(25)28-11-24(17)19(26)27-10-16-14-7-3-1-5-12(14)13-6-2-4-8-15(13)16/h1-8,16-17H,9-11H2/t17-/m0/s1. The van der Waals surface area contributed by atoms with Crippen LogP contribution >= 0.6 is 0 Å². The molecule has 0 saturated carbocycles. The van der Waals surface area contributed by atoms with E-state index in [1.807, 2.05) is 48.5 Å². The molecule has 2 aliphatic rings. The molecule has 2 aromatic rings. The van der Waals surface area contributed by atoms with Gasteiger partial charge in [0.05, 0.1) is 6.42 Å². The third-order valence-electron chi connectivity index (χ3n) is 4.99. The summed E-state index contributed by atoms with van der Waals surface area (Å²) < 4.78 is 48.0. The molecule has 0 N–H and O–H groups in total. The summed E-state index contributed by atoms with van der Waals surface area (Å²) in [5.41, 5.74) is 4.04. The second kappa shape index (κ2) is 6.85. The van der Waals surface area contributed by atoms with Gasteiger partial charge in [0.1, 0.15) is 12.6 Å². The highest BCUT2D eigenvalue weighted by Crippen LogP contribution is 2.44. The number of hydrogen-bond donors (Lipinski definition) is 0. The molecule has 1 saturated heterocycles. The summed E-state index contributed by atoms with van der Waals surface area (Å²) in [4.78, 5) is 24.6. The Morgan fingerprint density at radius 3 is 2.21 bits per heavy atom. The highest BCUT2D eigenvalue weighted by Gasteiger charge is 2.46. The van der Waals surface area contributed by atoms with Crippen molar-refractivity contribution in [1.29, 1.82) is 0 Å². The van der Waals surface area contributed by atoms with Gasteiger partial charge in [-0.1, -0.05) is 48.5 Å². The van der Waals surface area contributed by atoms with Gasteiger partial charge in [0.15, 0.2) is 6.73 Å². The number of cyclic esters (lactones) is 1. The minimum absolute atomic E-state index is 0.0453. The van der Waals surface area contributed by atoms with Crippen molar-refractivity contribution < 1.29 is 32.2 Å². The fourth-order valence-corrected chi connectivity index (χ4v) is 3.72. The lowest BCUT2D eigenvalue weighted by molar-refractivity contribution is -0.156. The zero-order chi connectivity index (χ0) is 19.9. The number of rotatable bonds is 3. The Morgan fingerprint density at radius 2 is 1.64 bits per heavy atom. The van der Waals surface area contributed by atoms with E-state index in [1.165, 1.54) is 0 Å². The average Bonchev–Trinajstić information content (AvgIpc) is 3.17. The Morgan fingerprint density at radius 1 is 1.07 bits per heavy atom. The van der Waals surface area contributed by atoms with Crippen molar-refractivity contribution in [3.05, 3.63) is 59.7 Å². The number of hydrogen-bond acceptors (Lipinski definition) is 4. The topological polar surface area (TPSA) is 55.8 Å². The molecule has 0 bridgehead atoms. The maximum absolute atomic E-state index is 12.7. The number of carbonyl (C=O) groups excluding carboxylic acids is 2. The molecule has 1 atom stereocenters. The number of ether oxygens (including phenoxy) is 2. The molecule has 146 valence electrons. The Bertz CT molecular complexity index is 882. The maximum atomic E-state index is 12.7. The van der Waals surface area contributed by atoms with Gasteiger partial charge in [-0.15, -0.1) is 0 Å². The Labute approximate surface area is 158 Å². The molecule has 5 nitrogen and oxygen atoms in total. The summed E-state index contributed by atoms with van der Waals surface area (Å²) in [7, 11) is 0. The number of amides is 1. The van der Waals surface area contributed by atoms with Gasteiger partial charge in [0.25, 0.3) is 0 Å². The zero-order valence-electron chi connectivity index (χ0n) is 14.6. The van der Waals surface area contributed by atoms with E-state index in [9.17, 15) is 22.8 Å². The van der Waals surface area contributed by atoms with Crippen molar-refractivity contribution in [2.75, 3.05) is 13.3 Å². The number of carbonyl (C=O) groups is 2. The van der Waals surface area contributed by atoms with Crippen LogP contribution in [0.3, 0.4) is 0 Å². The van der Waals surface area contributed by atoms with Crippen LogP contribution in [0.15, 0.2) is 48.5 Å². The summed E-state index contributed by atoms with van der Waals surface area (Å²) in [6.07, 6.45) is -7.06. The largest absolute Gasteiger partial charge is 0.448 e. The lowest BCUT2D eigenvalue weighted by Crippen LogP contribution is -2.41. The lowest BCUT2D eigenvalue weighted by Gasteiger charge is -2.22. The smallest absolute Gasteiger partial charge is 0.413 e. The molecular formula is C20H16F3NO4. The highest BCUT2D eigenvalue weighted by atomic mass is 19.4. The van der Waals surface area contributed by atoms with Crippen LogP contribution in [0, 0.1) is 0 Å². The van der Waals surface area contributed by atoms with Crippen LogP contribution < -0.4 is 0 Å². The van der Waals surface area contributed by atoms with E-state index in [1.54, 1.807) is 0 Å². The summed E-state index contributed by atoms with van der Waals surface area (Å²) in [5.74, 6) is -1.30. The minimum atomic E-state index is -4.60. The number of halogens is 3. The van der Waals surface area contributed by atoms with Crippen molar-refractivity contribution in [3.8, 4) is 11.1 Å². The van der Waals surface area contributed by atoms with Gasteiger partial charge in [-0.25, -0.2) is 9.59 Å². The van der Waals surface area contributed by atoms with Crippen molar-refractivity contribution in [2.24, 2.45) is 0 Å². The summed E-state index contributed by atoms with van der Waals surface area (Å²) in [5, 5.41) is 0. The number of benzene rings is 2. The summed E-state index contributed by atoms with van der Waals surface area (Å²) in [6.45, 7) is -0.591. The van der Waals surface area contributed by atoms with Crippen LogP contribution in [0.2, 0.25) is 0 Å². The molecule has 1 heterocycles. The molecule has 1 aliphatic carbocycles. The van der Waals surface area contributed by atoms with E-state index in [4.69, 9.17) is 4.74 Å². The number of fused-ring (bicyclic) bond motifs is 3. The van der Waals surface area contributed by atoms with Gasteiger partial charge in [0.2, 0.25) is 0 Å². The third kappa shape index (κ3) is 3.30. The molecule has 0 radical (unpaired) electrons.